The van der Waals surface area contributed by atoms with Gasteiger partial charge in [0.05, 0.1) is 18.8 Å². The van der Waals surface area contributed by atoms with Crippen molar-refractivity contribution >= 4 is 47.0 Å². The molecule has 2 saturated heterocycles. The van der Waals surface area contributed by atoms with Crippen molar-refractivity contribution in [3.05, 3.63) is 46.7 Å². The van der Waals surface area contributed by atoms with E-state index in [1.54, 1.807) is 7.11 Å². The second-order valence-electron chi connectivity index (χ2n) is 7.98. The molecule has 3 heterocycles. The number of benzene rings is 1. The van der Waals surface area contributed by atoms with E-state index < -0.39 is 0 Å². The number of halogens is 1. The molecule has 1 aromatic heterocycles. The van der Waals surface area contributed by atoms with Gasteiger partial charge in [-0.2, -0.15) is 0 Å². The van der Waals surface area contributed by atoms with E-state index in [9.17, 15) is 0 Å². The van der Waals surface area contributed by atoms with Crippen molar-refractivity contribution in [2.75, 3.05) is 51.8 Å². The number of thiophene rings is 1. The van der Waals surface area contributed by atoms with E-state index in [1.165, 1.54) is 36.5 Å². The van der Waals surface area contributed by atoms with Gasteiger partial charge < -0.3 is 20.3 Å². The number of nitrogens with one attached hydrogen (secondary N) is 2. The summed E-state index contributed by atoms with van der Waals surface area (Å²) in [5.41, 5.74) is 1.17. The van der Waals surface area contributed by atoms with Crippen LogP contribution >= 0.6 is 35.3 Å². The Balaban J connectivity index is 0.00000272. The maximum Gasteiger partial charge on any atom is 0.191 e. The number of hydrogen-bond acceptors (Lipinski definition) is 5. The van der Waals surface area contributed by atoms with E-state index in [0.717, 1.165) is 37.8 Å². The molecule has 31 heavy (non-hydrogen) atoms. The molecular formula is C23H34IN5OS. The van der Waals surface area contributed by atoms with Crippen molar-refractivity contribution in [1.29, 1.82) is 0 Å². The average Bonchev–Trinajstić information content (AvgIpc) is 3.56. The van der Waals surface area contributed by atoms with Crippen molar-refractivity contribution in [3.8, 4) is 5.75 Å². The Morgan fingerprint density at radius 1 is 1.19 bits per heavy atom. The Morgan fingerprint density at radius 2 is 2.00 bits per heavy atom. The van der Waals surface area contributed by atoms with E-state index in [0.29, 0.717) is 12.1 Å². The highest BCUT2D eigenvalue weighted by molar-refractivity contribution is 14.0. The van der Waals surface area contributed by atoms with Gasteiger partial charge in [-0.05, 0) is 55.9 Å². The van der Waals surface area contributed by atoms with Crippen LogP contribution in [0.5, 0.6) is 5.75 Å². The molecule has 2 fully saturated rings. The number of nitrogens with zero attached hydrogens (tertiary/aromatic N) is 3. The van der Waals surface area contributed by atoms with Crippen LogP contribution < -0.4 is 20.3 Å². The van der Waals surface area contributed by atoms with Crippen LogP contribution in [0, 0.1) is 0 Å². The second kappa shape index (κ2) is 11.9. The van der Waals surface area contributed by atoms with Gasteiger partial charge in [0.15, 0.2) is 5.96 Å². The zero-order chi connectivity index (χ0) is 20.8. The summed E-state index contributed by atoms with van der Waals surface area (Å²) in [5.74, 6) is 1.83. The predicted molar refractivity (Wildman–Crippen MR) is 141 cm³/mol. The molecule has 0 amide bonds. The summed E-state index contributed by atoms with van der Waals surface area (Å²) >= 11 is 1.85. The van der Waals surface area contributed by atoms with Crippen LogP contribution in [0.2, 0.25) is 0 Å². The molecule has 1 aromatic carbocycles. The number of ether oxygens (including phenoxy) is 1. The van der Waals surface area contributed by atoms with Crippen LogP contribution in [0.15, 0.2) is 46.8 Å². The summed E-state index contributed by atoms with van der Waals surface area (Å²) in [4.78, 5) is 10.9. The SMILES string of the molecule is CN=C(NCC(c1cccs1)N1CCCC1)NC1CCN(c2ccccc2OC)C1.I. The third-order valence-electron chi connectivity index (χ3n) is 6.09. The molecule has 2 unspecified atom stereocenters. The standard InChI is InChI=1S/C23H33N5OS.HI/c1-24-23(25-16-20(22-10-7-15-30-22)27-12-5-6-13-27)26-18-11-14-28(17-18)19-8-3-4-9-21(19)29-2;/h3-4,7-10,15,18,20H,5-6,11-14,16-17H2,1-2H3,(H2,24,25,26);1H. The lowest BCUT2D eigenvalue weighted by Crippen LogP contribution is -2.47. The zero-order valence-electron chi connectivity index (χ0n) is 18.4. The van der Waals surface area contributed by atoms with Crippen LogP contribution in [0.1, 0.15) is 30.2 Å². The molecule has 170 valence electrons. The topological polar surface area (TPSA) is 52.1 Å². The second-order valence-corrected chi connectivity index (χ2v) is 8.95. The number of rotatable bonds is 7. The minimum Gasteiger partial charge on any atom is -0.495 e. The van der Waals surface area contributed by atoms with Gasteiger partial charge in [-0.15, -0.1) is 35.3 Å². The number of likely N-dealkylation sites (tertiary alicyclic amines) is 1. The van der Waals surface area contributed by atoms with Crippen LogP contribution in [-0.2, 0) is 0 Å². The normalized spacial score (nSPS) is 20.4. The number of methoxy groups -OCH3 is 1. The van der Waals surface area contributed by atoms with Gasteiger partial charge in [-0.25, -0.2) is 0 Å². The van der Waals surface area contributed by atoms with Gasteiger partial charge >= 0.3 is 0 Å². The highest BCUT2D eigenvalue weighted by atomic mass is 127. The predicted octanol–water partition coefficient (Wildman–Crippen LogP) is 3.96. The molecule has 4 rings (SSSR count). The first-order valence-electron chi connectivity index (χ1n) is 10.9. The number of aliphatic imine (C=N–C) groups is 1. The quantitative estimate of drug-likeness (QED) is 0.308. The molecule has 8 heteroatoms. The summed E-state index contributed by atoms with van der Waals surface area (Å²) in [6.07, 6.45) is 3.69. The summed E-state index contributed by atoms with van der Waals surface area (Å²) in [5, 5.41) is 9.41. The van der Waals surface area contributed by atoms with Gasteiger partial charge in [0, 0.05) is 37.6 Å². The number of para-hydroxylation sites is 2. The molecule has 0 radical (unpaired) electrons. The first kappa shape index (κ1) is 24.1. The molecule has 2 aromatic rings. The monoisotopic (exact) mass is 555 g/mol. The summed E-state index contributed by atoms with van der Waals surface area (Å²) in [7, 11) is 3.60. The number of anilines is 1. The third kappa shape index (κ3) is 6.04. The van der Waals surface area contributed by atoms with Crippen LogP contribution in [-0.4, -0.2) is 63.8 Å². The fraction of sp³-hybridized carbons (Fsp3) is 0.522. The molecule has 0 aliphatic carbocycles. The van der Waals surface area contributed by atoms with E-state index >= 15 is 0 Å². The van der Waals surface area contributed by atoms with Crippen molar-refractivity contribution in [3.63, 3.8) is 0 Å². The maximum atomic E-state index is 5.54. The smallest absolute Gasteiger partial charge is 0.191 e. The van der Waals surface area contributed by atoms with Crippen molar-refractivity contribution < 1.29 is 4.74 Å². The fourth-order valence-corrected chi connectivity index (χ4v) is 5.37. The van der Waals surface area contributed by atoms with Crippen LogP contribution in [0.25, 0.3) is 0 Å². The Hall–Kier alpha value is -1.52. The molecule has 0 bridgehead atoms. The van der Waals surface area contributed by atoms with E-state index in [4.69, 9.17) is 4.74 Å². The van der Waals surface area contributed by atoms with E-state index in [1.807, 2.05) is 30.5 Å². The highest BCUT2D eigenvalue weighted by Crippen LogP contribution is 2.30. The van der Waals surface area contributed by atoms with Crippen LogP contribution in [0.3, 0.4) is 0 Å². The lowest BCUT2D eigenvalue weighted by atomic mass is 10.2. The molecule has 2 N–H and O–H groups in total. The molecule has 2 aliphatic heterocycles. The lowest BCUT2D eigenvalue weighted by molar-refractivity contribution is 0.249. The van der Waals surface area contributed by atoms with Crippen molar-refractivity contribution in [2.24, 2.45) is 4.99 Å². The number of hydrogen-bond donors (Lipinski definition) is 2. The average molecular weight is 556 g/mol. The minimum absolute atomic E-state index is 0. The summed E-state index contributed by atoms with van der Waals surface area (Å²) in [6, 6.07) is 13.4. The maximum absolute atomic E-state index is 5.54. The Bertz CT molecular complexity index is 825. The van der Waals surface area contributed by atoms with Crippen molar-refractivity contribution in [1.82, 2.24) is 15.5 Å². The van der Waals surface area contributed by atoms with Crippen molar-refractivity contribution in [2.45, 2.75) is 31.3 Å². The van der Waals surface area contributed by atoms with Gasteiger partial charge in [0.25, 0.3) is 0 Å². The largest absolute Gasteiger partial charge is 0.495 e. The molecule has 2 aliphatic rings. The molecule has 0 spiro atoms. The zero-order valence-corrected chi connectivity index (χ0v) is 21.6. The molecule has 6 nitrogen and oxygen atoms in total. The Morgan fingerprint density at radius 3 is 2.71 bits per heavy atom. The summed E-state index contributed by atoms with van der Waals surface area (Å²) in [6.45, 7) is 5.21. The van der Waals surface area contributed by atoms with E-state index in [-0.39, 0.29) is 24.0 Å². The first-order chi connectivity index (χ1) is 14.8. The fourth-order valence-electron chi connectivity index (χ4n) is 4.51. The Labute approximate surface area is 207 Å². The first-order valence-corrected chi connectivity index (χ1v) is 11.8. The minimum atomic E-state index is 0. The Kier molecular flexibility index (Phi) is 9.28. The van der Waals surface area contributed by atoms with E-state index in [2.05, 4.69) is 55.1 Å². The lowest BCUT2D eigenvalue weighted by Gasteiger charge is -2.28. The third-order valence-corrected chi connectivity index (χ3v) is 7.07. The van der Waals surface area contributed by atoms with Gasteiger partial charge in [-0.3, -0.25) is 9.89 Å². The summed E-state index contributed by atoms with van der Waals surface area (Å²) < 4.78 is 5.54. The van der Waals surface area contributed by atoms with Crippen LogP contribution in [0.4, 0.5) is 5.69 Å². The van der Waals surface area contributed by atoms with Gasteiger partial charge in [-0.1, -0.05) is 18.2 Å². The number of guanidine groups is 1. The molecular weight excluding hydrogens is 521 g/mol. The highest BCUT2D eigenvalue weighted by Gasteiger charge is 2.27. The van der Waals surface area contributed by atoms with Gasteiger partial charge in [0.1, 0.15) is 5.75 Å². The molecule has 0 saturated carbocycles. The molecule has 2 atom stereocenters. The van der Waals surface area contributed by atoms with Gasteiger partial charge in [0.2, 0.25) is 0 Å².